The van der Waals surface area contributed by atoms with Crippen molar-refractivity contribution >= 4 is 5.97 Å². The van der Waals surface area contributed by atoms with E-state index in [4.69, 9.17) is 9.84 Å². The number of ether oxygens (including phenoxy) is 1. The highest BCUT2D eigenvalue weighted by atomic mass is 16.5. The van der Waals surface area contributed by atoms with E-state index in [0.29, 0.717) is 6.61 Å². The fourth-order valence-electron chi connectivity index (χ4n) is 4.02. The minimum atomic E-state index is 0.0557. The monoisotopic (exact) mass is 427 g/mol. The third-order valence-electron chi connectivity index (χ3n) is 6.12. The Morgan fingerprint density at radius 2 is 1.27 bits per heavy atom. The Morgan fingerprint density at radius 1 is 0.733 bits per heavy atom. The number of esters is 1. The zero-order valence-corrected chi connectivity index (χ0v) is 20.6. The van der Waals surface area contributed by atoms with Crippen LogP contribution in [-0.2, 0) is 9.53 Å². The molecule has 0 aromatic heterocycles. The van der Waals surface area contributed by atoms with Gasteiger partial charge in [-0.3, -0.25) is 4.79 Å². The molecule has 0 aliphatic rings. The number of likely N-dealkylation sites (N-methyl/N-ethyl adjacent to an activating group) is 1. The number of unbranched alkanes of at least 4 members (excludes halogenated alkanes) is 11. The summed E-state index contributed by atoms with van der Waals surface area (Å²) in [7, 11) is 0. The second-order valence-electron chi connectivity index (χ2n) is 8.84. The fraction of sp³-hybridized carbons (Fsp3) is 0.962. The number of carbonyl (C=O) groups is 1. The van der Waals surface area contributed by atoms with Gasteiger partial charge in [0.25, 0.3) is 0 Å². The molecule has 4 nitrogen and oxygen atoms in total. The number of nitrogens with zero attached hydrogens (tertiary/aromatic N) is 1. The average molecular weight is 428 g/mol. The molecule has 0 saturated carbocycles. The average Bonchev–Trinajstić information content (AvgIpc) is 2.75. The van der Waals surface area contributed by atoms with Crippen LogP contribution in [0.4, 0.5) is 0 Å². The molecule has 180 valence electrons. The highest BCUT2D eigenvalue weighted by Gasteiger charge is 2.19. The predicted molar refractivity (Wildman–Crippen MR) is 129 cm³/mol. The molecular weight excluding hydrogens is 374 g/mol. The van der Waals surface area contributed by atoms with Crippen LogP contribution in [0, 0.1) is 5.92 Å². The van der Waals surface area contributed by atoms with Crippen LogP contribution in [0.25, 0.3) is 0 Å². The number of aliphatic hydroxyl groups is 1. The van der Waals surface area contributed by atoms with Crippen LogP contribution < -0.4 is 0 Å². The Bertz CT molecular complexity index is 362. The van der Waals surface area contributed by atoms with Crippen LogP contribution >= 0.6 is 0 Å². The maximum absolute atomic E-state index is 12.6. The highest BCUT2D eigenvalue weighted by molar-refractivity contribution is 5.72. The molecule has 0 aromatic rings. The molecule has 0 aliphatic carbocycles. The van der Waals surface area contributed by atoms with E-state index in [-0.39, 0.29) is 18.5 Å². The van der Waals surface area contributed by atoms with Crippen LogP contribution in [0.5, 0.6) is 0 Å². The van der Waals surface area contributed by atoms with Crippen molar-refractivity contribution in [3.8, 4) is 0 Å². The summed E-state index contributed by atoms with van der Waals surface area (Å²) < 4.78 is 5.66. The molecular formula is C26H53NO3. The minimum Gasteiger partial charge on any atom is -0.465 e. The van der Waals surface area contributed by atoms with Gasteiger partial charge >= 0.3 is 5.97 Å². The predicted octanol–water partition coefficient (Wildman–Crippen LogP) is 6.74. The van der Waals surface area contributed by atoms with Crippen molar-refractivity contribution in [2.45, 2.75) is 124 Å². The first-order valence-electron chi connectivity index (χ1n) is 13.2. The molecule has 0 amide bonds. The number of carbonyl (C=O) groups excluding carboxylic acids is 1. The van der Waals surface area contributed by atoms with Gasteiger partial charge in [0.1, 0.15) is 0 Å². The molecule has 0 rings (SSSR count). The van der Waals surface area contributed by atoms with Crippen molar-refractivity contribution in [3.05, 3.63) is 0 Å². The number of rotatable bonds is 23. The van der Waals surface area contributed by atoms with E-state index >= 15 is 0 Å². The maximum atomic E-state index is 12.6. The summed E-state index contributed by atoms with van der Waals surface area (Å²) in [6.45, 7) is 10.3. The SMILES string of the molecule is CCCCCCCCC(CCCCCC)C(=O)OCCCCCCN(CC)CCO. The standard InChI is InChI=1S/C26H53NO3/c1-4-7-9-11-12-16-20-25(19-15-10-8-5-2)26(29)30-24-18-14-13-17-21-27(6-3)22-23-28/h25,28H,4-24H2,1-3H3. The lowest BCUT2D eigenvalue weighted by molar-refractivity contribution is -0.149. The van der Waals surface area contributed by atoms with Gasteiger partial charge in [0, 0.05) is 6.54 Å². The van der Waals surface area contributed by atoms with Crippen molar-refractivity contribution < 1.29 is 14.6 Å². The Labute approximate surface area is 188 Å². The van der Waals surface area contributed by atoms with Crippen LogP contribution in [-0.4, -0.2) is 48.8 Å². The van der Waals surface area contributed by atoms with Gasteiger partial charge in [-0.25, -0.2) is 0 Å². The molecule has 0 heterocycles. The van der Waals surface area contributed by atoms with Crippen LogP contribution in [0.1, 0.15) is 124 Å². The fourth-order valence-corrected chi connectivity index (χ4v) is 4.02. The third-order valence-corrected chi connectivity index (χ3v) is 6.12. The molecule has 0 radical (unpaired) electrons. The Balaban J connectivity index is 3.99. The molecule has 0 spiro atoms. The van der Waals surface area contributed by atoms with Gasteiger partial charge in [0.15, 0.2) is 0 Å². The highest BCUT2D eigenvalue weighted by Crippen LogP contribution is 2.20. The molecule has 30 heavy (non-hydrogen) atoms. The van der Waals surface area contributed by atoms with E-state index in [1.807, 2.05) is 0 Å². The van der Waals surface area contributed by atoms with E-state index in [1.54, 1.807) is 0 Å². The van der Waals surface area contributed by atoms with Crippen molar-refractivity contribution in [1.29, 1.82) is 0 Å². The smallest absolute Gasteiger partial charge is 0.308 e. The molecule has 0 bridgehead atoms. The van der Waals surface area contributed by atoms with Crippen molar-refractivity contribution in [2.24, 2.45) is 5.92 Å². The minimum absolute atomic E-state index is 0.0557. The Hall–Kier alpha value is -0.610. The summed E-state index contributed by atoms with van der Waals surface area (Å²) in [6, 6.07) is 0. The maximum Gasteiger partial charge on any atom is 0.308 e. The molecule has 4 heteroatoms. The number of aliphatic hydroxyl groups excluding tert-OH is 1. The lowest BCUT2D eigenvalue weighted by Gasteiger charge is -2.18. The van der Waals surface area contributed by atoms with Gasteiger partial charge in [0.05, 0.1) is 19.1 Å². The summed E-state index contributed by atoms with van der Waals surface area (Å²) in [4.78, 5) is 14.9. The Kier molecular flexibility index (Phi) is 22.6. The van der Waals surface area contributed by atoms with Gasteiger partial charge in [-0.1, -0.05) is 97.8 Å². The van der Waals surface area contributed by atoms with E-state index < -0.39 is 0 Å². The van der Waals surface area contributed by atoms with E-state index in [9.17, 15) is 4.79 Å². The van der Waals surface area contributed by atoms with E-state index in [2.05, 4.69) is 25.7 Å². The molecule has 0 aliphatic heterocycles. The molecule has 0 saturated heterocycles. The zero-order valence-electron chi connectivity index (χ0n) is 20.6. The van der Waals surface area contributed by atoms with Gasteiger partial charge in [-0.15, -0.1) is 0 Å². The number of hydrogen-bond acceptors (Lipinski definition) is 4. The molecule has 1 N–H and O–H groups in total. The lowest BCUT2D eigenvalue weighted by Crippen LogP contribution is -2.27. The summed E-state index contributed by atoms with van der Waals surface area (Å²) in [5, 5.41) is 9.03. The van der Waals surface area contributed by atoms with E-state index in [0.717, 1.165) is 64.6 Å². The normalized spacial score (nSPS) is 12.4. The van der Waals surface area contributed by atoms with Crippen molar-refractivity contribution in [3.63, 3.8) is 0 Å². The topological polar surface area (TPSA) is 49.8 Å². The zero-order chi connectivity index (χ0) is 22.3. The first-order valence-corrected chi connectivity index (χ1v) is 13.2. The molecule has 0 aromatic carbocycles. The first kappa shape index (κ1) is 29.4. The summed E-state index contributed by atoms with van der Waals surface area (Å²) in [5.41, 5.74) is 0. The van der Waals surface area contributed by atoms with Crippen LogP contribution in [0.15, 0.2) is 0 Å². The largest absolute Gasteiger partial charge is 0.465 e. The second-order valence-corrected chi connectivity index (χ2v) is 8.84. The third kappa shape index (κ3) is 18.2. The van der Waals surface area contributed by atoms with Gasteiger partial charge in [0.2, 0.25) is 0 Å². The first-order chi connectivity index (χ1) is 14.7. The van der Waals surface area contributed by atoms with Gasteiger partial charge in [-0.05, 0) is 38.8 Å². The van der Waals surface area contributed by atoms with Gasteiger partial charge in [-0.2, -0.15) is 0 Å². The lowest BCUT2D eigenvalue weighted by atomic mass is 9.94. The van der Waals surface area contributed by atoms with Crippen LogP contribution in [0.3, 0.4) is 0 Å². The molecule has 1 unspecified atom stereocenters. The van der Waals surface area contributed by atoms with Crippen molar-refractivity contribution in [2.75, 3.05) is 32.8 Å². The second kappa shape index (κ2) is 23.1. The Morgan fingerprint density at radius 3 is 1.87 bits per heavy atom. The molecule has 1 atom stereocenters. The summed E-state index contributed by atoms with van der Waals surface area (Å²) in [6.07, 6.45) is 19.0. The summed E-state index contributed by atoms with van der Waals surface area (Å²) in [5.74, 6) is 0.171. The summed E-state index contributed by atoms with van der Waals surface area (Å²) >= 11 is 0. The quantitative estimate of drug-likeness (QED) is 0.145. The number of hydrogen-bond donors (Lipinski definition) is 1. The van der Waals surface area contributed by atoms with E-state index in [1.165, 1.54) is 57.8 Å². The van der Waals surface area contributed by atoms with Gasteiger partial charge < -0.3 is 14.7 Å². The molecule has 0 fully saturated rings. The van der Waals surface area contributed by atoms with Crippen LogP contribution in [0.2, 0.25) is 0 Å². The van der Waals surface area contributed by atoms with Crippen molar-refractivity contribution in [1.82, 2.24) is 4.90 Å².